The largest absolute Gasteiger partial charge is 0.393 e. The SMILES string of the molecule is CC(NC(=O)c1ccccc1)C1CCC2C3CC=C4CC(O)CCC4(C)C3CCC12C. The highest BCUT2D eigenvalue weighted by atomic mass is 16.3. The van der Waals surface area contributed by atoms with Gasteiger partial charge in [0.25, 0.3) is 5.91 Å². The van der Waals surface area contributed by atoms with Crippen molar-refractivity contribution < 1.29 is 9.90 Å². The molecule has 8 unspecified atom stereocenters. The lowest BCUT2D eigenvalue weighted by Gasteiger charge is -2.58. The number of aliphatic hydroxyl groups is 1. The number of carbonyl (C=O) groups excluding carboxylic acids is 1. The third-order valence-electron chi connectivity index (χ3n) is 10.1. The van der Waals surface area contributed by atoms with Gasteiger partial charge in [0.05, 0.1) is 6.10 Å². The number of benzene rings is 1. The van der Waals surface area contributed by atoms with E-state index < -0.39 is 0 Å². The van der Waals surface area contributed by atoms with Crippen LogP contribution in [-0.2, 0) is 0 Å². The fourth-order valence-corrected chi connectivity index (χ4v) is 8.48. The second-order valence-electron chi connectivity index (χ2n) is 11.5. The molecule has 0 radical (unpaired) electrons. The Morgan fingerprint density at radius 3 is 2.61 bits per heavy atom. The van der Waals surface area contributed by atoms with Crippen LogP contribution in [0.25, 0.3) is 0 Å². The molecule has 3 nitrogen and oxygen atoms in total. The predicted molar refractivity (Wildman–Crippen MR) is 125 cm³/mol. The van der Waals surface area contributed by atoms with E-state index in [1.165, 1.54) is 32.1 Å². The van der Waals surface area contributed by atoms with Crippen LogP contribution in [0, 0.1) is 34.5 Å². The van der Waals surface area contributed by atoms with Gasteiger partial charge in [-0.15, -0.1) is 0 Å². The summed E-state index contributed by atoms with van der Waals surface area (Å²) in [6.45, 7) is 7.26. The summed E-state index contributed by atoms with van der Waals surface area (Å²) in [6, 6.07) is 9.83. The summed E-state index contributed by atoms with van der Waals surface area (Å²) in [7, 11) is 0. The number of rotatable bonds is 3. The Labute approximate surface area is 187 Å². The second kappa shape index (κ2) is 7.76. The first kappa shape index (κ1) is 21.2. The van der Waals surface area contributed by atoms with E-state index in [0.717, 1.165) is 42.6 Å². The second-order valence-corrected chi connectivity index (χ2v) is 11.5. The van der Waals surface area contributed by atoms with E-state index in [-0.39, 0.29) is 18.1 Å². The van der Waals surface area contributed by atoms with E-state index in [9.17, 15) is 9.90 Å². The number of aliphatic hydroxyl groups excluding tert-OH is 1. The van der Waals surface area contributed by atoms with Gasteiger partial charge in [-0.25, -0.2) is 0 Å². The minimum Gasteiger partial charge on any atom is -0.393 e. The third-order valence-corrected chi connectivity index (χ3v) is 10.1. The van der Waals surface area contributed by atoms with Gasteiger partial charge in [0.15, 0.2) is 0 Å². The van der Waals surface area contributed by atoms with Crippen molar-refractivity contribution in [3.8, 4) is 0 Å². The van der Waals surface area contributed by atoms with Gasteiger partial charge in [-0.3, -0.25) is 4.79 Å². The number of allylic oxidation sites excluding steroid dienone is 1. The molecule has 0 heterocycles. The Balaban J connectivity index is 1.34. The molecule has 5 rings (SSSR count). The summed E-state index contributed by atoms with van der Waals surface area (Å²) in [4.78, 5) is 12.8. The minimum atomic E-state index is -0.130. The van der Waals surface area contributed by atoms with E-state index >= 15 is 0 Å². The van der Waals surface area contributed by atoms with Crippen LogP contribution >= 0.6 is 0 Å². The Hall–Kier alpha value is -1.61. The zero-order valence-electron chi connectivity index (χ0n) is 19.4. The van der Waals surface area contributed by atoms with Crippen molar-refractivity contribution in [2.75, 3.05) is 0 Å². The Kier molecular flexibility index (Phi) is 5.32. The third kappa shape index (κ3) is 3.39. The molecule has 0 saturated heterocycles. The van der Waals surface area contributed by atoms with Gasteiger partial charge in [-0.1, -0.05) is 43.7 Å². The number of nitrogens with one attached hydrogen (secondary N) is 1. The summed E-state index contributed by atoms with van der Waals surface area (Å²) in [6.07, 6.45) is 11.7. The van der Waals surface area contributed by atoms with Crippen LogP contribution in [0.1, 0.15) is 82.5 Å². The van der Waals surface area contributed by atoms with Crippen molar-refractivity contribution in [3.63, 3.8) is 0 Å². The fraction of sp³-hybridized carbons (Fsp3) is 0.679. The maximum Gasteiger partial charge on any atom is 0.251 e. The van der Waals surface area contributed by atoms with Gasteiger partial charge in [-0.2, -0.15) is 0 Å². The average Bonchev–Trinajstić information content (AvgIpc) is 3.12. The molecule has 1 aromatic carbocycles. The summed E-state index contributed by atoms with van der Waals surface area (Å²) in [5.74, 6) is 2.91. The Morgan fingerprint density at radius 2 is 1.84 bits per heavy atom. The maximum atomic E-state index is 12.8. The average molecular weight is 422 g/mol. The highest BCUT2D eigenvalue weighted by Crippen LogP contribution is 2.66. The standard InChI is InChI=1S/C28H39NO2/c1-18(29-26(31)19-7-5-4-6-8-19)23-11-12-24-22-10-9-20-17-21(30)13-15-27(20,2)25(22)14-16-28(23,24)3/h4-9,18,21-25,30H,10-17H2,1-3H3,(H,29,31). The summed E-state index contributed by atoms with van der Waals surface area (Å²) in [5, 5.41) is 13.6. The molecule has 168 valence electrons. The molecule has 3 fully saturated rings. The molecule has 8 atom stereocenters. The summed E-state index contributed by atoms with van der Waals surface area (Å²) >= 11 is 0. The molecule has 31 heavy (non-hydrogen) atoms. The van der Waals surface area contributed by atoms with Gasteiger partial charge >= 0.3 is 0 Å². The Bertz CT molecular complexity index is 863. The zero-order chi connectivity index (χ0) is 21.8. The number of fused-ring (bicyclic) bond motifs is 5. The number of hydrogen-bond donors (Lipinski definition) is 2. The highest BCUT2D eigenvalue weighted by molar-refractivity contribution is 5.94. The van der Waals surface area contributed by atoms with Crippen LogP contribution in [0.2, 0.25) is 0 Å². The number of carbonyl (C=O) groups is 1. The molecule has 0 bridgehead atoms. The molecule has 3 saturated carbocycles. The molecular weight excluding hydrogens is 382 g/mol. The first-order valence-electron chi connectivity index (χ1n) is 12.6. The van der Waals surface area contributed by atoms with E-state index in [1.54, 1.807) is 5.57 Å². The van der Waals surface area contributed by atoms with Crippen molar-refractivity contribution in [1.82, 2.24) is 5.32 Å². The van der Waals surface area contributed by atoms with Gasteiger partial charge in [0, 0.05) is 11.6 Å². The molecule has 1 amide bonds. The van der Waals surface area contributed by atoms with Crippen molar-refractivity contribution in [2.45, 2.75) is 84.3 Å². The van der Waals surface area contributed by atoms with Crippen molar-refractivity contribution in [2.24, 2.45) is 34.5 Å². The Morgan fingerprint density at radius 1 is 1.06 bits per heavy atom. The van der Waals surface area contributed by atoms with Crippen molar-refractivity contribution >= 4 is 5.91 Å². The molecule has 0 spiro atoms. The molecule has 4 aliphatic rings. The van der Waals surface area contributed by atoms with E-state index in [4.69, 9.17) is 0 Å². The first-order chi connectivity index (χ1) is 14.8. The molecule has 1 aromatic rings. The van der Waals surface area contributed by atoms with Crippen molar-refractivity contribution in [3.05, 3.63) is 47.5 Å². The summed E-state index contributed by atoms with van der Waals surface area (Å²) in [5.41, 5.74) is 2.93. The van der Waals surface area contributed by atoms with E-state index in [1.807, 2.05) is 30.3 Å². The lowest BCUT2D eigenvalue weighted by molar-refractivity contribution is -0.0532. The van der Waals surface area contributed by atoms with Crippen LogP contribution in [0.3, 0.4) is 0 Å². The predicted octanol–water partition coefficient (Wildman–Crippen LogP) is 5.74. The lowest BCUT2D eigenvalue weighted by atomic mass is 9.47. The maximum absolute atomic E-state index is 12.8. The van der Waals surface area contributed by atoms with Gasteiger partial charge in [0.1, 0.15) is 0 Å². The number of hydrogen-bond acceptors (Lipinski definition) is 2. The fourth-order valence-electron chi connectivity index (χ4n) is 8.48. The quantitative estimate of drug-likeness (QED) is 0.611. The number of amides is 1. The van der Waals surface area contributed by atoms with Crippen LogP contribution in [0.15, 0.2) is 42.0 Å². The molecular formula is C28H39NO2. The minimum absolute atomic E-state index is 0.0624. The molecule has 2 N–H and O–H groups in total. The lowest BCUT2D eigenvalue weighted by Crippen LogP contribution is -2.52. The highest BCUT2D eigenvalue weighted by Gasteiger charge is 2.59. The van der Waals surface area contributed by atoms with Crippen LogP contribution in [-0.4, -0.2) is 23.2 Å². The van der Waals surface area contributed by atoms with E-state index in [0.29, 0.717) is 16.7 Å². The van der Waals surface area contributed by atoms with E-state index in [2.05, 4.69) is 32.2 Å². The van der Waals surface area contributed by atoms with Crippen LogP contribution < -0.4 is 5.32 Å². The smallest absolute Gasteiger partial charge is 0.251 e. The van der Waals surface area contributed by atoms with Crippen molar-refractivity contribution in [1.29, 1.82) is 0 Å². The van der Waals surface area contributed by atoms with Crippen LogP contribution in [0.4, 0.5) is 0 Å². The topological polar surface area (TPSA) is 49.3 Å². The molecule has 3 heteroatoms. The van der Waals surface area contributed by atoms with Gasteiger partial charge in [0.2, 0.25) is 0 Å². The molecule has 4 aliphatic carbocycles. The first-order valence-corrected chi connectivity index (χ1v) is 12.6. The molecule has 0 aromatic heterocycles. The van der Waals surface area contributed by atoms with Gasteiger partial charge in [-0.05, 0) is 105 Å². The zero-order valence-corrected chi connectivity index (χ0v) is 19.4. The molecule has 0 aliphatic heterocycles. The monoisotopic (exact) mass is 421 g/mol. The van der Waals surface area contributed by atoms with Gasteiger partial charge < -0.3 is 10.4 Å². The van der Waals surface area contributed by atoms with Crippen LogP contribution in [0.5, 0.6) is 0 Å². The normalized spacial score (nSPS) is 42.6. The summed E-state index contributed by atoms with van der Waals surface area (Å²) < 4.78 is 0.